The summed E-state index contributed by atoms with van der Waals surface area (Å²) >= 11 is 0. The molecule has 1 nitrogen and oxygen atoms in total. The smallest absolute Gasteiger partial charge is 0.0718 e. The van der Waals surface area contributed by atoms with Crippen LogP contribution in [0.2, 0.25) is 0 Å². The van der Waals surface area contributed by atoms with Crippen molar-refractivity contribution in [2.24, 2.45) is 11.8 Å². The minimum Gasteiger partial charge on any atom is -0.303 e. The van der Waals surface area contributed by atoms with Gasteiger partial charge < -0.3 is 5.32 Å². The summed E-state index contributed by atoms with van der Waals surface area (Å²) in [7, 11) is 0. The van der Waals surface area contributed by atoms with Crippen LogP contribution in [0.15, 0.2) is 0 Å². The first-order valence-electron chi connectivity index (χ1n) is 5.49. The third kappa shape index (κ3) is 2.74. The van der Waals surface area contributed by atoms with Crippen molar-refractivity contribution >= 4 is 0 Å². The van der Waals surface area contributed by atoms with Gasteiger partial charge >= 0.3 is 0 Å². The van der Waals surface area contributed by atoms with Crippen LogP contribution in [0.25, 0.3) is 0 Å². The summed E-state index contributed by atoms with van der Waals surface area (Å²) in [5.41, 5.74) is 0. The van der Waals surface area contributed by atoms with Gasteiger partial charge in [-0.05, 0) is 31.2 Å². The van der Waals surface area contributed by atoms with Gasteiger partial charge in [-0.25, -0.2) is 0 Å². The van der Waals surface area contributed by atoms with E-state index in [9.17, 15) is 0 Å². The normalized spacial score (nSPS) is 29.9. The molecule has 1 saturated carbocycles. The summed E-state index contributed by atoms with van der Waals surface area (Å²) in [5, 5.41) is 3.46. The van der Waals surface area contributed by atoms with E-state index in [1.54, 1.807) is 0 Å². The van der Waals surface area contributed by atoms with E-state index in [1.165, 1.54) is 25.7 Å². The molecule has 0 aromatic rings. The Bertz CT molecular complexity index is 180. The molecule has 0 heterocycles. The van der Waals surface area contributed by atoms with E-state index in [2.05, 4.69) is 25.1 Å². The molecular formula is C12H21N. The van der Waals surface area contributed by atoms with E-state index >= 15 is 0 Å². The maximum Gasteiger partial charge on any atom is 0.0718 e. The molecule has 1 heteroatoms. The zero-order valence-electron chi connectivity index (χ0n) is 8.84. The fraction of sp³-hybridized carbons (Fsp3) is 0.833. The van der Waals surface area contributed by atoms with Crippen molar-refractivity contribution in [2.45, 2.75) is 45.6 Å². The van der Waals surface area contributed by atoms with Gasteiger partial charge in [0.15, 0.2) is 0 Å². The van der Waals surface area contributed by atoms with Crippen LogP contribution < -0.4 is 5.32 Å². The van der Waals surface area contributed by atoms with Crippen LogP contribution in [0.1, 0.15) is 39.5 Å². The van der Waals surface area contributed by atoms with E-state index in [-0.39, 0.29) is 0 Å². The molecular weight excluding hydrogens is 158 g/mol. The van der Waals surface area contributed by atoms with E-state index in [1.807, 2.05) is 0 Å². The molecule has 74 valence electrons. The predicted molar refractivity (Wildman–Crippen MR) is 57.4 cm³/mol. The highest BCUT2D eigenvalue weighted by atomic mass is 14.9. The maximum atomic E-state index is 5.54. The molecule has 13 heavy (non-hydrogen) atoms. The minimum absolute atomic E-state index is 0.317. The zero-order chi connectivity index (χ0) is 9.68. The second-order valence-electron chi connectivity index (χ2n) is 4.17. The first-order valence-corrected chi connectivity index (χ1v) is 5.49. The second kappa shape index (κ2) is 5.29. The molecule has 0 aromatic heterocycles. The highest BCUT2D eigenvalue weighted by Gasteiger charge is 2.29. The average molecular weight is 179 g/mol. The quantitative estimate of drug-likeness (QED) is 0.654. The molecule has 0 bridgehead atoms. The van der Waals surface area contributed by atoms with E-state index in [0.717, 1.165) is 18.4 Å². The zero-order valence-corrected chi connectivity index (χ0v) is 8.84. The molecule has 1 N–H and O–H groups in total. The highest BCUT2D eigenvalue weighted by Crippen LogP contribution is 2.33. The first kappa shape index (κ1) is 10.6. The minimum atomic E-state index is 0.317. The van der Waals surface area contributed by atoms with Crippen LogP contribution in [0.5, 0.6) is 0 Å². The molecule has 1 rings (SSSR count). The monoisotopic (exact) mass is 179 g/mol. The molecule has 0 aliphatic heterocycles. The van der Waals surface area contributed by atoms with Gasteiger partial charge in [-0.2, -0.15) is 0 Å². The van der Waals surface area contributed by atoms with Gasteiger partial charge in [-0.3, -0.25) is 0 Å². The molecule has 0 aromatic carbocycles. The SMILES string of the molecule is C#CC(NCCC)C1CCCC1C. The molecule has 1 fully saturated rings. The molecule has 1 aliphatic carbocycles. The van der Waals surface area contributed by atoms with Gasteiger partial charge in [0.25, 0.3) is 0 Å². The number of nitrogens with one attached hydrogen (secondary N) is 1. The van der Waals surface area contributed by atoms with Gasteiger partial charge in [-0.15, -0.1) is 6.42 Å². The lowest BCUT2D eigenvalue weighted by Gasteiger charge is -2.23. The van der Waals surface area contributed by atoms with Crippen LogP contribution in [0.3, 0.4) is 0 Å². The van der Waals surface area contributed by atoms with Crippen LogP contribution in [0.4, 0.5) is 0 Å². The molecule has 1 aliphatic rings. The molecule has 3 unspecified atom stereocenters. The third-order valence-electron chi connectivity index (χ3n) is 3.15. The summed E-state index contributed by atoms with van der Waals surface area (Å²) in [5.74, 6) is 4.43. The third-order valence-corrected chi connectivity index (χ3v) is 3.15. The van der Waals surface area contributed by atoms with Gasteiger partial charge in [0, 0.05) is 0 Å². The Balaban J connectivity index is 2.41. The van der Waals surface area contributed by atoms with E-state index in [4.69, 9.17) is 6.42 Å². The summed E-state index contributed by atoms with van der Waals surface area (Å²) in [4.78, 5) is 0. The lowest BCUT2D eigenvalue weighted by molar-refractivity contribution is 0.346. The number of hydrogen-bond donors (Lipinski definition) is 1. The molecule has 0 spiro atoms. The summed E-state index contributed by atoms with van der Waals surface area (Å²) in [6.45, 7) is 5.56. The standard InChI is InChI=1S/C12H21N/c1-4-9-13-12(5-2)11-8-6-7-10(11)3/h2,10-13H,4,6-9H2,1,3H3. The van der Waals surface area contributed by atoms with Crippen molar-refractivity contribution in [1.82, 2.24) is 5.32 Å². The van der Waals surface area contributed by atoms with Crippen LogP contribution in [-0.4, -0.2) is 12.6 Å². The van der Waals surface area contributed by atoms with Crippen LogP contribution >= 0.6 is 0 Å². The van der Waals surface area contributed by atoms with Gasteiger partial charge in [0.05, 0.1) is 6.04 Å². The summed E-state index contributed by atoms with van der Waals surface area (Å²) in [6.07, 6.45) is 10.7. The predicted octanol–water partition coefficient (Wildman–Crippen LogP) is 2.42. The Labute approximate surface area is 82.3 Å². The van der Waals surface area contributed by atoms with Gasteiger partial charge in [0.2, 0.25) is 0 Å². The van der Waals surface area contributed by atoms with E-state index in [0.29, 0.717) is 6.04 Å². The Hall–Kier alpha value is -0.480. The first-order chi connectivity index (χ1) is 6.29. The largest absolute Gasteiger partial charge is 0.303 e. The lowest BCUT2D eigenvalue weighted by atomic mass is 9.90. The number of hydrogen-bond acceptors (Lipinski definition) is 1. The highest BCUT2D eigenvalue weighted by molar-refractivity contribution is 5.04. The summed E-state index contributed by atoms with van der Waals surface area (Å²) < 4.78 is 0. The van der Waals surface area contributed by atoms with Crippen molar-refractivity contribution in [3.8, 4) is 12.3 Å². The van der Waals surface area contributed by atoms with Crippen molar-refractivity contribution in [3.63, 3.8) is 0 Å². The maximum absolute atomic E-state index is 5.54. The van der Waals surface area contributed by atoms with Crippen LogP contribution in [0, 0.1) is 24.2 Å². The molecule has 0 radical (unpaired) electrons. The van der Waals surface area contributed by atoms with Gasteiger partial charge in [0.1, 0.15) is 0 Å². The second-order valence-corrected chi connectivity index (χ2v) is 4.17. The number of rotatable bonds is 4. The van der Waals surface area contributed by atoms with Gasteiger partial charge in [-0.1, -0.05) is 32.6 Å². The molecule has 0 amide bonds. The molecule has 3 atom stereocenters. The summed E-state index contributed by atoms with van der Waals surface area (Å²) in [6, 6.07) is 0.317. The lowest BCUT2D eigenvalue weighted by Crippen LogP contribution is -2.36. The Morgan fingerprint density at radius 2 is 2.31 bits per heavy atom. The van der Waals surface area contributed by atoms with E-state index < -0.39 is 0 Å². The van der Waals surface area contributed by atoms with Crippen molar-refractivity contribution < 1.29 is 0 Å². The Kier molecular flexibility index (Phi) is 4.32. The fourth-order valence-corrected chi connectivity index (χ4v) is 2.30. The fourth-order valence-electron chi connectivity index (χ4n) is 2.30. The van der Waals surface area contributed by atoms with Crippen molar-refractivity contribution in [3.05, 3.63) is 0 Å². The Morgan fingerprint density at radius 3 is 2.77 bits per heavy atom. The average Bonchev–Trinajstić information content (AvgIpc) is 2.54. The van der Waals surface area contributed by atoms with Crippen molar-refractivity contribution in [1.29, 1.82) is 0 Å². The number of terminal acetylenes is 1. The molecule has 0 saturated heterocycles. The van der Waals surface area contributed by atoms with Crippen molar-refractivity contribution in [2.75, 3.05) is 6.54 Å². The Morgan fingerprint density at radius 1 is 1.54 bits per heavy atom. The topological polar surface area (TPSA) is 12.0 Å². The van der Waals surface area contributed by atoms with Crippen LogP contribution in [-0.2, 0) is 0 Å².